The average molecular weight is 908 g/mol. The Labute approximate surface area is 416 Å². The smallest absolute Gasteiger partial charge is 0.132 e. The summed E-state index contributed by atoms with van der Waals surface area (Å²) in [7, 11) is 0. The molecular weight excluding hydrogens is 859 g/mol. The zero-order valence-electron chi connectivity index (χ0n) is 39.3. The van der Waals surface area contributed by atoms with E-state index in [1.165, 1.54) is 77.9 Å². The molecule has 0 amide bonds. The third kappa shape index (κ3) is 6.63. The molecule has 71 heavy (non-hydrogen) atoms. The van der Waals surface area contributed by atoms with E-state index in [4.69, 9.17) is 4.74 Å². The molecule has 4 aliphatic rings. The first-order chi connectivity index (χ1) is 35.2. The van der Waals surface area contributed by atoms with Gasteiger partial charge >= 0.3 is 0 Å². The minimum atomic E-state index is -0.500. The molecule has 0 aromatic heterocycles. The van der Waals surface area contributed by atoms with Gasteiger partial charge < -0.3 is 9.64 Å². The van der Waals surface area contributed by atoms with Crippen molar-refractivity contribution in [2.24, 2.45) is 5.92 Å². The van der Waals surface area contributed by atoms with E-state index < -0.39 is 5.41 Å². The van der Waals surface area contributed by atoms with Crippen molar-refractivity contribution in [2.75, 3.05) is 4.90 Å². The molecule has 0 fully saturated rings. The third-order valence-corrected chi connectivity index (χ3v) is 15.6. The molecule has 0 N–H and O–H groups in total. The average Bonchev–Trinajstić information content (AvgIpc) is 3.74. The SMILES string of the molecule is C1=Cc2c(ccc3c2OC2c4ccccc4C=CC2C32c3ccccc3-c3ccc(-c4cccc(N(c5ccc(-c6ccccc6)cc5)c5ccc(-c6ccccc6)cc5-c5ccccc5)c4)cc32)CC1. The highest BCUT2D eigenvalue weighted by Gasteiger charge is 2.57. The highest BCUT2D eigenvalue weighted by Crippen LogP contribution is 2.65. The zero-order valence-corrected chi connectivity index (χ0v) is 39.3. The highest BCUT2D eigenvalue weighted by molar-refractivity contribution is 5.93. The Bertz CT molecular complexity index is 3740. The molecule has 10 aromatic carbocycles. The van der Waals surface area contributed by atoms with Crippen molar-refractivity contribution >= 4 is 29.2 Å². The first kappa shape index (κ1) is 41.3. The number of anilines is 3. The van der Waals surface area contributed by atoms with Crippen LogP contribution in [0, 0.1) is 5.92 Å². The summed E-state index contributed by atoms with van der Waals surface area (Å²) in [5.41, 5.74) is 23.8. The molecule has 336 valence electrons. The summed E-state index contributed by atoms with van der Waals surface area (Å²) in [5, 5.41) is 0. The van der Waals surface area contributed by atoms with Crippen molar-refractivity contribution in [2.45, 2.75) is 24.4 Å². The van der Waals surface area contributed by atoms with Crippen molar-refractivity contribution in [3.05, 3.63) is 288 Å². The lowest BCUT2D eigenvalue weighted by molar-refractivity contribution is 0.102. The molecule has 0 bridgehead atoms. The number of nitrogens with zero attached hydrogens (tertiary/aromatic N) is 1. The van der Waals surface area contributed by atoms with Gasteiger partial charge in [0.25, 0.3) is 0 Å². The van der Waals surface area contributed by atoms with E-state index in [2.05, 4.69) is 266 Å². The molecule has 3 aliphatic carbocycles. The van der Waals surface area contributed by atoms with Crippen LogP contribution >= 0.6 is 0 Å². The Kier molecular flexibility index (Phi) is 9.74. The second-order valence-electron chi connectivity index (χ2n) is 19.4. The van der Waals surface area contributed by atoms with E-state index in [9.17, 15) is 0 Å². The monoisotopic (exact) mass is 907 g/mol. The predicted molar refractivity (Wildman–Crippen MR) is 294 cm³/mol. The van der Waals surface area contributed by atoms with Crippen LogP contribution in [0.2, 0.25) is 0 Å². The second-order valence-corrected chi connectivity index (χ2v) is 19.4. The van der Waals surface area contributed by atoms with Gasteiger partial charge in [0.15, 0.2) is 0 Å². The van der Waals surface area contributed by atoms with E-state index in [0.29, 0.717) is 0 Å². The van der Waals surface area contributed by atoms with Gasteiger partial charge in [0.05, 0.1) is 11.1 Å². The van der Waals surface area contributed by atoms with Crippen LogP contribution in [0.5, 0.6) is 5.75 Å². The van der Waals surface area contributed by atoms with Gasteiger partial charge in [0.1, 0.15) is 11.9 Å². The molecule has 0 saturated heterocycles. The number of fused-ring (bicyclic) bond motifs is 13. The minimum absolute atomic E-state index is 0.0177. The molecule has 10 aromatic rings. The van der Waals surface area contributed by atoms with Gasteiger partial charge in [-0.3, -0.25) is 0 Å². The summed E-state index contributed by atoms with van der Waals surface area (Å²) >= 11 is 0. The van der Waals surface area contributed by atoms with E-state index >= 15 is 0 Å². The van der Waals surface area contributed by atoms with E-state index in [-0.39, 0.29) is 12.0 Å². The fourth-order valence-electron chi connectivity index (χ4n) is 12.4. The van der Waals surface area contributed by atoms with Crippen LogP contribution in [0.4, 0.5) is 17.1 Å². The predicted octanol–water partition coefficient (Wildman–Crippen LogP) is 17.9. The largest absolute Gasteiger partial charge is 0.484 e. The molecule has 3 unspecified atom stereocenters. The fraction of sp³-hybridized carbons (Fsp3) is 0.0725. The lowest BCUT2D eigenvalue weighted by Crippen LogP contribution is -2.45. The van der Waals surface area contributed by atoms with Gasteiger partial charge in [-0.25, -0.2) is 0 Å². The van der Waals surface area contributed by atoms with Crippen molar-refractivity contribution < 1.29 is 4.74 Å². The van der Waals surface area contributed by atoms with Crippen LogP contribution in [0.1, 0.15) is 51.5 Å². The van der Waals surface area contributed by atoms with E-state index in [0.717, 1.165) is 52.3 Å². The van der Waals surface area contributed by atoms with Gasteiger partial charge in [0.2, 0.25) is 0 Å². The standard InChI is InChI=1S/C69H49NO/c1-4-17-46(18-5-1)48-31-37-55(38-32-48)70(66-42-36-53(47-19-6-2-7-20-47)44-61(66)49-21-8-3-9-22-49)56-26-16-25-52(43-56)54-33-39-60-59-29-14-15-30-62(59)69(65(60)45-54)63-40-34-50-23-10-12-27-57(50)67(63)71-68-58-28-13-11-24-51(58)35-41-64(68)69/h1-10,12-23,25-45,63,67H,11,24H2. The fourth-order valence-corrected chi connectivity index (χ4v) is 12.4. The van der Waals surface area contributed by atoms with E-state index in [1.54, 1.807) is 0 Å². The van der Waals surface area contributed by atoms with Crippen LogP contribution in [0.25, 0.3) is 67.8 Å². The molecule has 1 heterocycles. The Morgan fingerprint density at radius 2 is 1.06 bits per heavy atom. The molecule has 0 radical (unpaired) electrons. The van der Waals surface area contributed by atoms with Crippen molar-refractivity contribution in [3.8, 4) is 61.4 Å². The summed E-state index contributed by atoms with van der Waals surface area (Å²) < 4.78 is 7.42. The first-order valence-corrected chi connectivity index (χ1v) is 25.0. The molecule has 2 heteroatoms. The Morgan fingerprint density at radius 1 is 0.423 bits per heavy atom. The number of hydrogen-bond donors (Lipinski definition) is 0. The van der Waals surface area contributed by atoms with Crippen LogP contribution in [0.3, 0.4) is 0 Å². The molecule has 14 rings (SSSR count). The van der Waals surface area contributed by atoms with E-state index in [1.807, 2.05) is 0 Å². The van der Waals surface area contributed by atoms with Crippen LogP contribution in [0.15, 0.2) is 249 Å². The topological polar surface area (TPSA) is 12.5 Å². The number of benzene rings is 10. The lowest BCUT2D eigenvalue weighted by atomic mass is 9.58. The second kappa shape index (κ2) is 16.8. The highest BCUT2D eigenvalue weighted by atomic mass is 16.5. The number of aryl methyl sites for hydroxylation is 1. The molecule has 0 saturated carbocycles. The Morgan fingerprint density at radius 3 is 1.87 bits per heavy atom. The Balaban J connectivity index is 0.964. The normalized spacial score (nSPS) is 17.5. The number of allylic oxidation sites excluding steroid dienone is 1. The maximum atomic E-state index is 7.42. The molecule has 2 nitrogen and oxygen atoms in total. The summed E-state index contributed by atoms with van der Waals surface area (Å²) in [6, 6.07) is 87.4. The summed E-state index contributed by atoms with van der Waals surface area (Å²) in [5.74, 6) is 1.05. The zero-order chi connectivity index (χ0) is 46.9. The number of hydrogen-bond acceptors (Lipinski definition) is 2. The van der Waals surface area contributed by atoms with Crippen molar-refractivity contribution in [1.29, 1.82) is 0 Å². The Hall–Kier alpha value is -8.72. The third-order valence-electron chi connectivity index (χ3n) is 15.6. The van der Waals surface area contributed by atoms with Gasteiger partial charge in [-0.15, -0.1) is 0 Å². The number of rotatable bonds is 7. The lowest BCUT2D eigenvalue weighted by Gasteiger charge is -2.49. The van der Waals surface area contributed by atoms with Gasteiger partial charge in [-0.05, 0) is 128 Å². The van der Waals surface area contributed by atoms with Crippen LogP contribution in [-0.4, -0.2) is 0 Å². The molecule has 3 atom stereocenters. The quantitative estimate of drug-likeness (QED) is 0.158. The van der Waals surface area contributed by atoms with Crippen molar-refractivity contribution in [1.82, 2.24) is 0 Å². The van der Waals surface area contributed by atoms with Gasteiger partial charge in [-0.2, -0.15) is 0 Å². The maximum absolute atomic E-state index is 7.42. The molecule has 1 spiro atoms. The van der Waals surface area contributed by atoms with Gasteiger partial charge in [0, 0.05) is 39.5 Å². The first-order valence-electron chi connectivity index (χ1n) is 25.0. The minimum Gasteiger partial charge on any atom is -0.484 e. The van der Waals surface area contributed by atoms with Crippen LogP contribution < -0.4 is 9.64 Å². The summed E-state index contributed by atoms with van der Waals surface area (Å²) in [6.45, 7) is 0. The van der Waals surface area contributed by atoms with Crippen LogP contribution in [-0.2, 0) is 11.8 Å². The number of ether oxygens (including phenoxy) is 1. The summed E-state index contributed by atoms with van der Waals surface area (Å²) in [6.07, 6.45) is 11.3. The summed E-state index contributed by atoms with van der Waals surface area (Å²) in [4.78, 5) is 2.44. The molecular formula is C69H49NO. The van der Waals surface area contributed by atoms with Gasteiger partial charge in [-0.1, -0.05) is 218 Å². The van der Waals surface area contributed by atoms with Crippen molar-refractivity contribution in [3.63, 3.8) is 0 Å². The maximum Gasteiger partial charge on any atom is 0.132 e. The molecule has 1 aliphatic heterocycles.